The molecule has 2 aromatic rings. The van der Waals surface area contributed by atoms with Crippen molar-refractivity contribution in [2.24, 2.45) is 0 Å². The topological polar surface area (TPSA) is 86.2 Å². The van der Waals surface area contributed by atoms with Gasteiger partial charge in [0.15, 0.2) is 6.29 Å². The summed E-state index contributed by atoms with van der Waals surface area (Å²) in [6, 6.07) is 18.8. The summed E-state index contributed by atoms with van der Waals surface area (Å²) in [7, 11) is 0. The number of benzene rings is 2. The highest BCUT2D eigenvalue weighted by Gasteiger charge is 2.47. The summed E-state index contributed by atoms with van der Waals surface area (Å²) < 4.78 is 23.9. The number of rotatable bonds is 11. The zero-order valence-electron chi connectivity index (χ0n) is 18.7. The SMILES string of the molecule is CCCO[C@H]1O[C@H](COCc2ccccc2)[C@@H](O)[C@H](OCc2ccccc2)[C@H]1NC(C)=O. The van der Waals surface area contributed by atoms with Gasteiger partial charge in [-0.25, -0.2) is 0 Å². The molecule has 0 aromatic heterocycles. The monoisotopic (exact) mass is 443 g/mol. The third-order valence-corrected chi connectivity index (χ3v) is 5.21. The van der Waals surface area contributed by atoms with Crippen LogP contribution in [0.15, 0.2) is 60.7 Å². The van der Waals surface area contributed by atoms with E-state index in [1.165, 1.54) is 6.92 Å². The van der Waals surface area contributed by atoms with E-state index in [2.05, 4.69) is 5.32 Å². The number of carbonyl (C=O) groups is 1. The van der Waals surface area contributed by atoms with Gasteiger partial charge < -0.3 is 29.4 Å². The van der Waals surface area contributed by atoms with E-state index in [1.54, 1.807) is 0 Å². The van der Waals surface area contributed by atoms with E-state index in [0.29, 0.717) is 13.2 Å². The van der Waals surface area contributed by atoms with Crippen molar-refractivity contribution in [3.63, 3.8) is 0 Å². The van der Waals surface area contributed by atoms with Crippen molar-refractivity contribution in [2.75, 3.05) is 13.2 Å². The first-order valence-corrected chi connectivity index (χ1v) is 11.1. The Hall–Kier alpha value is -2.29. The van der Waals surface area contributed by atoms with Crippen molar-refractivity contribution in [1.29, 1.82) is 0 Å². The van der Waals surface area contributed by atoms with E-state index in [1.807, 2.05) is 67.6 Å². The first kappa shape index (κ1) is 24.4. The fourth-order valence-electron chi connectivity index (χ4n) is 3.65. The van der Waals surface area contributed by atoms with Crippen LogP contribution in [0, 0.1) is 0 Å². The number of nitrogens with one attached hydrogen (secondary N) is 1. The minimum Gasteiger partial charge on any atom is -0.388 e. The molecule has 1 aliphatic heterocycles. The van der Waals surface area contributed by atoms with Crippen LogP contribution in [-0.4, -0.2) is 54.9 Å². The van der Waals surface area contributed by atoms with Crippen molar-refractivity contribution in [1.82, 2.24) is 5.32 Å². The lowest BCUT2D eigenvalue weighted by Crippen LogP contribution is -2.65. The lowest BCUT2D eigenvalue weighted by molar-refractivity contribution is -0.281. The van der Waals surface area contributed by atoms with Crippen LogP contribution in [-0.2, 0) is 37.0 Å². The smallest absolute Gasteiger partial charge is 0.217 e. The second-order valence-electron chi connectivity index (χ2n) is 7.89. The van der Waals surface area contributed by atoms with E-state index in [-0.39, 0.29) is 19.1 Å². The summed E-state index contributed by atoms with van der Waals surface area (Å²) in [6.45, 7) is 4.73. The summed E-state index contributed by atoms with van der Waals surface area (Å²) in [5.74, 6) is -0.247. The molecule has 0 bridgehead atoms. The Morgan fingerprint density at radius 3 is 2.22 bits per heavy atom. The minimum atomic E-state index is -1.01. The fraction of sp³-hybridized carbons (Fsp3) is 0.480. The van der Waals surface area contributed by atoms with E-state index in [0.717, 1.165) is 17.5 Å². The number of ether oxygens (including phenoxy) is 4. The van der Waals surface area contributed by atoms with Gasteiger partial charge in [-0.2, -0.15) is 0 Å². The molecule has 5 atom stereocenters. The van der Waals surface area contributed by atoms with Gasteiger partial charge in [0.2, 0.25) is 5.91 Å². The summed E-state index contributed by atoms with van der Waals surface area (Å²) >= 11 is 0. The Bertz CT molecular complexity index is 803. The highest BCUT2D eigenvalue weighted by Crippen LogP contribution is 2.26. The average molecular weight is 444 g/mol. The molecular formula is C25H33NO6. The van der Waals surface area contributed by atoms with Crippen molar-refractivity contribution in [2.45, 2.75) is 64.1 Å². The first-order valence-electron chi connectivity index (χ1n) is 11.1. The molecular weight excluding hydrogens is 410 g/mol. The van der Waals surface area contributed by atoms with E-state index in [9.17, 15) is 9.90 Å². The number of aliphatic hydroxyl groups excluding tert-OH is 1. The standard InChI is InChI=1S/C25H33NO6/c1-3-14-30-25-22(26-18(2)27)24(31-16-20-12-8-5-9-13-20)23(28)21(32-25)17-29-15-19-10-6-4-7-11-19/h4-13,21-25,28H,3,14-17H2,1-2H3,(H,26,27)/t21-,22-,23-,24-,25+/m1/s1. The summed E-state index contributed by atoms with van der Waals surface area (Å²) in [5.41, 5.74) is 2.00. The number of hydrogen-bond acceptors (Lipinski definition) is 6. The predicted octanol–water partition coefficient (Wildman–Crippen LogP) is 2.81. The molecule has 0 unspecified atom stereocenters. The van der Waals surface area contributed by atoms with Crippen LogP contribution in [0.2, 0.25) is 0 Å². The zero-order chi connectivity index (χ0) is 22.8. The molecule has 1 saturated heterocycles. The maximum atomic E-state index is 11.9. The van der Waals surface area contributed by atoms with E-state index in [4.69, 9.17) is 18.9 Å². The summed E-state index contributed by atoms with van der Waals surface area (Å²) in [6.07, 6.45) is -2.35. The van der Waals surface area contributed by atoms with Crippen molar-refractivity contribution < 1.29 is 28.8 Å². The normalized spacial score (nSPS) is 25.4. The molecule has 1 amide bonds. The van der Waals surface area contributed by atoms with Gasteiger partial charge in [0, 0.05) is 13.5 Å². The van der Waals surface area contributed by atoms with Crippen molar-refractivity contribution in [3.8, 4) is 0 Å². The van der Waals surface area contributed by atoms with Crippen LogP contribution in [0.3, 0.4) is 0 Å². The quantitative estimate of drug-likeness (QED) is 0.556. The van der Waals surface area contributed by atoms with Gasteiger partial charge in [0.1, 0.15) is 24.4 Å². The molecule has 1 heterocycles. The number of hydrogen-bond donors (Lipinski definition) is 2. The van der Waals surface area contributed by atoms with Crippen molar-refractivity contribution in [3.05, 3.63) is 71.8 Å². The Morgan fingerprint density at radius 1 is 1.00 bits per heavy atom. The fourth-order valence-corrected chi connectivity index (χ4v) is 3.65. The van der Waals surface area contributed by atoms with Crippen LogP contribution in [0.25, 0.3) is 0 Å². The van der Waals surface area contributed by atoms with Gasteiger partial charge in [-0.15, -0.1) is 0 Å². The average Bonchev–Trinajstić information content (AvgIpc) is 2.80. The number of aliphatic hydroxyl groups is 1. The number of amides is 1. The summed E-state index contributed by atoms with van der Waals surface area (Å²) in [4.78, 5) is 11.9. The molecule has 7 heteroatoms. The van der Waals surface area contributed by atoms with Gasteiger partial charge in [0.05, 0.1) is 19.8 Å². The van der Waals surface area contributed by atoms with Gasteiger partial charge in [0.25, 0.3) is 0 Å². The predicted molar refractivity (Wildman–Crippen MR) is 120 cm³/mol. The second-order valence-corrected chi connectivity index (χ2v) is 7.89. The van der Waals surface area contributed by atoms with Gasteiger partial charge in [-0.3, -0.25) is 4.79 Å². The molecule has 0 saturated carbocycles. The Labute approximate surface area is 189 Å². The van der Waals surface area contributed by atoms with Crippen LogP contribution in [0.4, 0.5) is 0 Å². The van der Waals surface area contributed by atoms with Gasteiger partial charge >= 0.3 is 0 Å². The summed E-state index contributed by atoms with van der Waals surface area (Å²) in [5, 5.41) is 13.9. The molecule has 2 N–H and O–H groups in total. The lowest BCUT2D eigenvalue weighted by atomic mass is 9.96. The van der Waals surface area contributed by atoms with Crippen molar-refractivity contribution >= 4 is 5.91 Å². The third kappa shape index (κ3) is 7.12. The van der Waals surface area contributed by atoms with Crippen LogP contribution >= 0.6 is 0 Å². The highest BCUT2D eigenvalue weighted by atomic mass is 16.7. The maximum absolute atomic E-state index is 11.9. The lowest BCUT2D eigenvalue weighted by Gasteiger charge is -2.44. The zero-order valence-corrected chi connectivity index (χ0v) is 18.7. The Morgan fingerprint density at radius 2 is 1.62 bits per heavy atom. The third-order valence-electron chi connectivity index (χ3n) is 5.21. The van der Waals surface area contributed by atoms with Gasteiger partial charge in [-0.05, 0) is 17.5 Å². The maximum Gasteiger partial charge on any atom is 0.217 e. The largest absolute Gasteiger partial charge is 0.388 e. The molecule has 7 nitrogen and oxygen atoms in total. The Balaban J connectivity index is 1.71. The second kappa shape index (κ2) is 12.7. The minimum absolute atomic E-state index is 0.167. The van der Waals surface area contributed by atoms with E-state index < -0.39 is 30.6 Å². The molecule has 1 aliphatic rings. The molecule has 0 aliphatic carbocycles. The van der Waals surface area contributed by atoms with Crippen LogP contribution in [0.5, 0.6) is 0 Å². The molecule has 2 aromatic carbocycles. The highest BCUT2D eigenvalue weighted by molar-refractivity contribution is 5.73. The number of carbonyl (C=O) groups excluding carboxylic acids is 1. The van der Waals surface area contributed by atoms with Crippen LogP contribution < -0.4 is 5.32 Å². The van der Waals surface area contributed by atoms with Gasteiger partial charge in [-0.1, -0.05) is 67.6 Å². The molecule has 0 spiro atoms. The molecule has 174 valence electrons. The molecule has 1 fully saturated rings. The molecule has 32 heavy (non-hydrogen) atoms. The molecule has 0 radical (unpaired) electrons. The van der Waals surface area contributed by atoms with E-state index >= 15 is 0 Å². The van der Waals surface area contributed by atoms with Crippen LogP contribution in [0.1, 0.15) is 31.4 Å². The molecule has 3 rings (SSSR count). The Kier molecular flexibility index (Phi) is 9.64. The first-order chi connectivity index (χ1) is 15.6.